The van der Waals surface area contributed by atoms with Crippen LogP contribution < -0.4 is 0 Å². The van der Waals surface area contributed by atoms with Gasteiger partial charge in [-0.3, -0.25) is 0 Å². The fraction of sp³-hybridized carbons (Fsp3) is 0.0625. The van der Waals surface area contributed by atoms with Crippen LogP contribution in [-0.2, 0) is 11.2 Å². The van der Waals surface area contributed by atoms with Crippen molar-refractivity contribution in [3.8, 4) is 0 Å². The molecule has 0 aliphatic rings. The standard InChI is InChI=1S/C16H14O2/c1-2-18-16(17)15-10-8-14(9-11-15)12-13-6-4-3-5-7-13/h2-11H,1,12H2. The molecule has 0 atom stereocenters. The topological polar surface area (TPSA) is 26.3 Å². The number of carbonyl (C=O) groups is 1. The van der Waals surface area contributed by atoms with E-state index >= 15 is 0 Å². The van der Waals surface area contributed by atoms with Gasteiger partial charge in [0.2, 0.25) is 0 Å². The van der Waals surface area contributed by atoms with Crippen LogP contribution in [0.5, 0.6) is 0 Å². The SMILES string of the molecule is C=COC(=O)c1ccc(Cc2ccccc2)cc1. The first-order valence-corrected chi connectivity index (χ1v) is 5.74. The minimum absolute atomic E-state index is 0.378. The zero-order valence-electron chi connectivity index (χ0n) is 10.0. The van der Waals surface area contributed by atoms with Crippen LogP contribution in [0.3, 0.4) is 0 Å². The van der Waals surface area contributed by atoms with Gasteiger partial charge in [0.25, 0.3) is 0 Å². The van der Waals surface area contributed by atoms with Crippen molar-refractivity contribution in [1.82, 2.24) is 0 Å². The monoisotopic (exact) mass is 238 g/mol. The van der Waals surface area contributed by atoms with Crippen LogP contribution >= 0.6 is 0 Å². The van der Waals surface area contributed by atoms with Crippen molar-refractivity contribution < 1.29 is 9.53 Å². The van der Waals surface area contributed by atoms with E-state index in [9.17, 15) is 4.79 Å². The molecule has 2 rings (SSSR count). The molecule has 0 saturated carbocycles. The number of rotatable bonds is 4. The highest BCUT2D eigenvalue weighted by atomic mass is 16.5. The van der Waals surface area contributed by atoms with Gasteiger partial charge in [0.15, 0.2) is 0 Å². The molecule has 90 valence electrons. The number of ether oxygens (including phenoxy) is 1. The van der Waals surface area contributed by atoms with E-state index in [2.05, 4.69) is 18.7 Å². The van der Waals surface area contributed by atoms with Crippen molar-refractivity contribution in [2.24, 2.45) is 0 Å². The highest BCUT2D eigenvalue weighted by molar-refractivity contribution is 5.89. The molecule has 0 aromatic heterocycles. The minimum atomic E-state index is -0.378. The minimum Gasteiger partial charge on any atom is -0.432 e. The van der Waals surface area contributed by atoms with Crippen LogP contribution in [0, 0.1) is 0 Å². The summed E-state index contributed by atoms with van der Waals surface area (Å²) in [5.74, 6) is -0.378. The molecule has 2 nitrogen and oxygen atoms in total. The maximum absolute atomic E-state index is 11.4. The van der Waals surface area contributed by atoms with Crippen molar-refractivity contribution in [3.05, 3.63) is 84.1 Å². The van der Waals surface area contributed by atoms with Gasteiger partial charge in [-0.15, -0.1) is 0 Å². The molecule has 2 aromatic rings. The molecule has 0 saturated heterocycles. The molecule has 2 heteroatoms. The van der Waals surface area contributed by atoms with E-state index < -0.39 is 0 Å². The molecule has 0 unspecified atom stereocenters. The number of benzene rings is 2. The Morgan fingerprint density at radius 1 is 1.00 bits per heavy atom. The molecular weight excluding hydrogens is 224 g/mol. The van der Waals surface area contributed by atoms with E-state index in [1.807, 2.05) is 30.3 Å². The number of hydrogen-bond donors (Lipinski definition) is 0. The Kier molecular flexibility index (Phi) is 3.92. The molecule has 0 aliphatic heterocycles. The molecule has 0 N–H and O–H groups in total. The van der Waals surface area contributed by atoms with Gasteiger partial charge in [0, 0.05) is 0 Å². The third-order valence-electron chi connectivity index (χ3n) is 2.63. The summed E-state index contributed by atoms with van der Waals surface area (Å²) < 4.78 is 4.71. The second-order valence-electron chi connectivity index (χ2n) is 3.93. The number of carbonyl (C=O) groups excluding carboxylic acids is 1. The predicted molar refractivity (Wildman–Crippen MR) is 71.3 cm³/mol. The Balaban J connectivity index is 2.08. The fourth-order valence-corrected chi connectivity index (χ4v) is 1.73. The quantitative estimate of drug-likeness (QED) is 0.601. The lowest BCUT2D eigenvalue weighted by molar-refractivity contribution is 0.0664. The molecule has 0 spiro atoms. The van der Waals surface area contributed by atoms with Crippen molar-refractivity contribution in [2.45, 2.75) is 6.42 Å². The summed E-state index contributed by atoms with van der Waals surface area (Å²) in [6.45, 7) is 3.36. The van der Waals surface area contributed by atoms with Gasteiger partial charge in [-0.25, -0.2) is 4.79 Å². The number of hydrogen-bond acceptors (Lipinski definition) is 2. The summed E-state index contributed by atoms with van der Waals surface area (Å²) >= 11 is 0. The van der Waals surface area contributed by atoms with E-state index in [0.717, 1.165) is 18.2 Å². The summed E-state index contributed by atoms with van der Waals surface area (Å²) in [5.41, 5.74) is 2.95. The second kappa shape index (κ2) is 5.82. The second-order valence-corrected chi connectivity index (χ2v) is 3.93. The highest BCUT2D eigenvalue weighted by Crippen LogP contribution is 2.11. The van der Waals surface area contributed by atoms with Crippen LogP contribution in [0.15, 0.2) is 67.4 Å². The molecule has 18 heavy (non-hydrogen) atoms. The van der Waals surface area contributed by atoms with Gasteiger partial charge in [-0.2, -0.15) is 0 Å². The lowest BCUT2D eigenvalue weighted by atomic mass is 10.0. The van der Waals surface area contributed by atoms with Crippen molar-refractivity contribution in [3.63, 3.8) is 0 Å². The molecule has 0 fully saturated rings. The Bertz CT molecular complexity index is 527. The van der Waals surface area contributed by atoms with Gasteiger partial charge in [-0.05, 0) is 29.7 Å². The maximum Gasteiger partial charge on any atom is 0.342 e. The Morgan fingerprint density at radius 3 is 2.22 bits per heavy atom. The van der Waals surface area contributed by atoms with Gasteiger partial charge < -0.3 is 4.74 Å². The largest absolute Gasteiger partial charge is 0.432 e. The first-order valence-electron chi connectivity index (χ1n) is 5.74. The van der Waals surface area contributed by atoms with E-state index in [0.29, 0.717) is 5.56 Å². The summed E-state index contributed by atoms with van der Waals surface area (Å²) in [6.07, 6.45) is 2.00. The lowest BCUT2D eigenvalue weighted by Crippen LogP contribution is -2.00. The summed E-state index contributed by atoms with van der Waals surface area (Å²) in [6, 6.07) is 17.6. The van der Waals surface area contributed by atoms with Crippen molar-refractivity contribution >= 4 is 5.97 Å². The van der Waals surface area contributed by atoms with E-state index in [1.54, 1.807) is 12.1 Å². The Morgan fingerprint density at radius 2 is 1.61 bits per heavy atom. The molecule has 0 amide bonds. The summed E-state index contributed by atoms with van der Waals surface area (Å²) in [7, 11) is 0. The molecular formula is C16H14O2. The van der Waals surface area contributed by atoms with Crippen molar-refractivity contribution in [1.29, 1.82) is 0 Å². The average Bonchev–Trinajstić information content (AvgIpc) is 2.41. The van der Waals surface area contributed by atoms with Gasteiger partial charge in [-0.1, -0.05) is 49.0 Å². The Labute approximate surface area is 107 Å². The molecule has 0 radical (unpaired) electrons. The predicted octanol–water partition coefficient (Wildman–Crippen LogP) is 3.58. The van der Waals surface area contributed by atoms with Gasteiger partial charge in [0.05, 0.1) is 11.8 Å². The summed E-state index contributed by atoms with van der Waals surface area (Å²) in [5, 5.41) is 0. The first-order chi connectivity index (χ1) is 8.79. The van der Waals surface area contributed by atoms with Crippen LogP contribution in [0.1, 0.15) is 21.5 Å². The van der Waals surface area contributed by atoms with Crippen LogP contribution in [-0.4, -0.2) is 5.97 Å². The van der Waals surface area contributed by atoms with Crippen LogP contribution in [0.4, 0.5) is 0 Å². The van der Waals surface area contributed by atoms with Crippen molar-refractivity contribution in [2.75, 3.05) is 0 Å². The fourth-order valence-electron chi connectivity index (χ4n) is 1.73. The highest BCUT2D eigenvalue weighted by Gasteiger charge is 2.05. The normalized spacial score (nSPS) is 9.78. The molecule has 0 aliphatic carbocycles. The van der Waals surface area contributed by atoms with E-state index in [1.165, 1.54) is 5.56 Å². The Hall–Kier alpha value is -2.35. The lowest BCUT2D eigenvalue weighted by Gasteiger charge is -2.03. The van der Waals surface area contributed by atoms with Crippen LogP contribution in [0.25, 0.3) is 0 Å². The smallest absolute Gasteiger partial charge is 0.342 e. The van der Waals surface area contributed by atoms with Gasteiger partial charge >= 0.3 is 5.97 Å². The maximum atomic E-state index is 11.4. The molecule has 0 heterocycles. The molecule has 0 bridgehead atoms. The average molecular weight is 238 g/mol. The van der Waals surface area contributed by atoms with E-state index in [-0.39, 0.29) is 5.97 Å². The zero-order valence-corrected chi connectivity index (χ0v) is 10.0. The molecule has 2 aromatic carbocycles. The van der Waals surface area contributed by atoms with Crippen LogP contribution in [0.2, 0.25) is 0 Å². The first kappa shape index (κ1) is 12.1. The third kappa shape index (κ3) is 3.08. The zero-order chi connectivity index (χ0) is 12.8. The van der Waals surface area contributed by atoms with Gasteiger partial charge in [0.1, 0.15) is 0 Å². The third-order valence-corrected chi connectivity index (χ3v) is 2.63. The summed E-state index contributed by atoms with van der Waals surface area (Å²) in [4.78, 5) is 11.4. The number of esters is 1. The van der Waals surface area contributed by atoms with E-state index in [4.69, 9.17) is 4.74 Å².